The van der Waals surface area contributed by atoms with Crippen LogP contribution >= 0.6 is 0 Å². The summed E-state index contributed by atoms with van der Waals surface area (Å²) in [6.07, 6.45) is 15.0. The second-order valence-corrected chi connectivity index (χ2v) is 16.6. The lowest BCUT2D eigenvalue weighted by atomic mass is 9.78. The molecule has 2 saturated heterocycles. The maximum Gasteiger partial charge on any atom is 0.154 e. The Balaban J connectivity index is 0.000000161. The number of hydrogen-bond acceptors (Lipinski definition) is 15. The van der Waals surface area contributed by atoms with Gasteiger partial charge in [0.1, 0.15) is 18.4 Å². The van der Waals surface area contributed by atoms with E-state index < -0.39 is 0 Å². The number of likely N-dealkylation sites (tertiary alicyclic amines) is 1. The van der Waals surface area contributed by atoms with Gasteiger partial charge in [-0.2, -0.15) is 20.4 Å². The summed E-state index contributed by atoms with van der Waals surface area (Å²) in [7, 11) is 1.64. The number of methoxy groups -OCH3 is 1. The van der Waals surface area contributed by atoms with Crippen molar-refractivity contribution in [3.8, 4) is 22.3 Å². The van der Waals surface area contributed by atoms with Gasteiger partial charge in [-0.1, -0.05) is 27.7 Å². The molecule has 2 N–H and O–H groups in total. The predicted molar refractivity (Wildman–Crippen MR) is 237 cm³/mol. The lowest BCUT2D eigenvalue weighted by Gasteiger charge is -2.55. The van der Waals surface area contributed by atoms with Crippen LogP contribution in [0.5, 0.6) is 0 Å². The van der Waals surface area contributed by atoms with Crippen LogP contribution < -0.4 is 10.6 Å². The molecule has 17 nitrogen and oxygen atoms in total. The van der Waals surface area contributed by atoms with E-state index in [0.29, 0.717) is 47.3 Å². The van der Waals surface area contributed by atoms with E-state index in [2.05, 4.69) is 101 Å². The van der Waals surface area contributed by atoms with Gasteiger partial charge in [-0.15, -0.1) is 10.2 Å². The molecule has 10 rings (SSSR count). The fourth-order valence-corrected chi connectivity index (χ4v) is 7.48. The van der Waals surface area contributed by atoms with Gasteiger partial charge in [-0.25, -0.2) is 14.6 Å². The molecule has 0 radical (unpaired) electrons. The van der Waals surface area contributed by atoms with Crippen molar-refractivity contribution in [2.24, 2.45) is 5.41 Å². The van der Waals surface area contributed by atoms with E-state index >= 15 is 0 Å². The first kappa shape index (κ1) is 40.6. The molecular weight excluding hydrogens is 783 g/mol. The Hall–Kier alpha value is -6.82. The van der Waals surface area contributed by atoms with E-state index in [4.69, 9.17) is 14.5 Å². The van der Waals surface area contributed by atoms with Crippen LogP contribution in [0, 0.1) is 5.41 Å². The van der Waals surface area contributed by atoms with Crippen molar-refractivity contribution in [1.29, 1.82) is 0 Å². The standard InChI is InChI=1S/C25H28N8O.C20H21N7O/c1-17(2)18-8-24(31-27-10-18)30-23-4-3-21-22(29-23)7-19(9-26-21)20-11-28-33(12-20)6-5-32-13-25(14-32)15-34-16-25;1-13(2)14-7-20(26-22-9-14)25-19-5-4-17-18(24-19)6-15(8-21-17)16-10-23-27(11-16)12-28-3/h3-4,7-12,17H,5-6,13-16H2,1-2H3,(H,29,30,31);4-11,13H,12H2,1-3H3,(H,24,25,26). The third-order valence-electron chi connectivity index (χ3n) is 11.0. The molecule has 0 aliphatic carbocycles. The first-order valence-corrected chi connectivity index (χ1v) is 20.8. The third-order valence-corrected chi connectivity index (χ3v) is 11.0. The number of aromatic nitrogens is 12. The summed E-state index contributed by atoms with van der Waals surface area (Å²) in [5, 5.41) is 31.8. The number of pyridine rings is 4. The van der Waals surface area contributed by atoms with Crippen LogP contribution in [0.3, 0.4) is 0 Å². The summed E-state index contributed by atoms with van der Waals surface area (Å²) in [6, 6.07) is 15.7. The van der Waals surface area contributed by atoms with Crippen molar-refractivity contribution in [3.05, 3.63) is 109 Å². The SMILES string of the molecule is CC(C)c1cnnc(Nc2ccc3ncc(-c4cnn(CCN5CC6(COC6)C5)c4)cc3n2)c1.COCn1cc(-c2cnc3ccc(Nc4cc(C(C)C)cnn4)nc3c2)cn1. The smallest absolute Gasteiger partial charge is 0.154 e. The minimum atomic E-state index is 0.381. The zero-order valence-electron chi connectivity index (χ0n) is 35.5. The molecule has 17 heteroatoms. The number of ether oxygens (including phenoxy) is 2. The van der Waals surface area contributed by atoms with Gasteiger partial charge in [-0.05, 0) is 71.5 Å². The molecular formula is C45H49N15O2. The average Bonchev–Trinajstić information content (AvgIpc) is 3.93. The number of fused-ring (bicyclic) bond motifs is 2. The molecule has 0 aromatic carbocycles. The highest BCUT2D eigenvalue weighted by molar-refractivity contribution is 5.83. The van der Waals surface area contributed by atoms with Gasteiger partial charge in [0, 0.05) is 79.2 Å². The highest BCUT2D eigenvalue weighted by Crippen LogP contribution is 2.37. The van der Waals surface area contributed by atoms with Crippen LogP contribution in [0.25, 0.3) is 44.3 Å². The Morgan fingerprint density at radius 1 is 0.613 bits per heavy atom. The molecule has 8 aromatic heterocycles. The number of rotatable bonds is 13. The van der Waals surface area contributed by atoms with Gasteiger partial charge in [0.15, 0.2) is 11.6 Å². The van der Waals surface area contributed by atoms with Gasteiger partial charge in [0.2, 0.25) is 0 Å². The fourth-order valence-electron chi connectivity index (χ4n) is 7.48. The Morgan fingerprint density at radius 3 is 1.65 bits per heavy atom. The third kappa shape index (κ3) is 9.24. The van der Waals surface area contributed by atoms with Crippen LogP contribution in [0.4, 0.5) is 23.3 Å². The maximum absolute atomic E-state index is 5.36. The predicted octanol–water partition coefficient (Wildman–Crippen LogP) is 7.24. The molecule has 2 aliphatic heterocycles. The largest absolute Gasteiger partial charge is 0.380 e. The summed E-state index contributed by atoms with van der Waals surface area (Å²) in [5.41, 5.74) is 9.92. The number of hydrogen-bond donors (Lipinski definition) is 2. The molecule has 8 aromatic rings. The molecule has 0 atom stereocenters. The summed E-state index contributed by atoms with van der Waals surface area (Å²) >= 11 is 0. The van der Waals surface area contributed by atoms with E-state index in [9.17, 15) is 0 Å². The van der Waals surface area contributed by atoms with Crippen LogP contribution in [0.15, 0.2) is 98.1 Å². The highest BCUT2D eigenvalue weighted by atomic mass is 16.5. The van der Waals surface area contributed by atoms with Crippen LogP contribution in [0.1, 0.15) is 50.7 Å². The van der Waals surface area contributed by atoms with Crippen LogP contribution in [-0.4, -0.2) is 105 Å². The van der Waals surface area contributed by atoms with Crippen LogP contribution in [-0.2, 0) is 22.7 Å². The van der Waals surface area contributed by atoms with Crippen molar-refractivity contribution in [2.45, 2.75) is 52.8 Å². The van der Waals surface area contributed by atoms with E-state index in [1.54, 1.807) is 30.4 Å². The normalized spacial score (nSPS) is 14.5. The zero-order valence-corrected chi connectivity index (χ0v) is 35.5. The molecule has 0 saturated carbocycles. The Kier molecular flexibility index (Phi) is 11.6. The summed E-state index contributed by atoms with van der Waals surface area (Å²) in [4.78, 5) is 21.0. The monoisotopic (exact) mass is 831 g/mol. The Labute approximate surface area is 359 Å². The van der Waals surface area contributed by atoms with E-state index in [0.717, 1.165) is 94.8 Å². The summed E-state index contributed by atoms with van der Waals surface area (Å²) in [6.45, 7) is 14.9. The van der Waals surface area contributed by atoms with Gasteiger partial charge < -0.3 is 20.1 Å². The molecule has 0 bridgehead atoms. The number of anilines is 4. The molecule has 62 heavy (non-hydrogen) atoms. The topological polar surface area (TPSA) is 185 Å². The van der Waals surface area contributed by atoms with Crippen LogP contribution in [0.2, 0.25) is 0 Å². The minimum absolute atomic E-state index is 0.381. The Bertz CT molecular complexity index is 2810. The van der Waals surface area contributed by atoms with Crippen molar-refractivity contribution in [1.82, 2.24) is 64.8 Å². The molecule has 0 amide bonds. The quantitative estimate of drug-likeness (QED) is 0.118. The minimum Gasteiger partial charge on any atom is -0.380 e. The number of nitrogens with zero attached hydrogens (tertiary/aromatic N) is 13. The lowest BCUT2D eigenvalue weighted by molar-refractivity contribution is -0.189. The second kappa shape index (κ2) is 17.6. The van der Waals surface area contributed by atoms with Gasteiger partial charge in [0.25, 0.3) is 0 Å². The van der Waals surface area contributed by atoms with E-state index in [1.165, 1.54) is 0 Å². The maximum atomic E-state index is 5.36. The van der Waals surface area contributed by atoms with Gasteiger partial charge >= 0.3 is 0 Å². The first-order chi connectivity index (χ1) is 30.2. The molecule has 2 fully saturated rings. The second-order valence-electron chi connectivity index (χ2n) is 16.6. The average molecular weight is 832 g/mol. The fraction of sp³-hybridized carbons (Fsp3) is 0.333. The molecule has 10 heterocycles. The highest BCUT2D eigenvalue weighted by Gasteiger charge is 2.48. The molecule has 1 spiro atoms. The molecule has 0 unspecified atom stereocenters. The van der Waals surface area contributed by atoms with E-state index in [-0.39, 0.29) is 0 Å². The summed E-state index contributed by atoms with van der Waals surface area (Å²) < 4.78 is 14.2. The number of nitrogens with one attached hydrogen (secondary N) is 2. The first-order valence-electron chi connectivity index (χ1n) is 20.8. The van der Waals surface area contributed by atoms with E-state index in [1.807, 2.05) is 71.9 Å². The van der Waals surface area contributed by atoms with Gasteiger partial charge in [-0.3, -0.25) is 19.5 Å². The molecule has 2 aliphatic rings. The van der Waals surface area contributed by atoms with Crippen molar-refractivity contribution in [2.75, 3.05) is 50.6 Å². The zero-order chi connectivity index (χ0) is 42.6. The molecule has 316 valence electrons. The summed E-state index contributed by atoms with van der Waals surface area (Å²) in [5.74, 6) is 3.52. The van der Waals surface area contributed by atoms with Crippen molar-refractivity contribution in [3.63, 3.8) is 0 Å². The Morgan fingerprint density at radius 2 is 1.15 bits per heavy atom. The van der Waals surface area contributed by atoms with Gasteiger partial charge in [0.05, 0.1) is 66.6 Å². The lowest BCUT2D eigenvalue weighted by Crippen LogP contribution is -2.66. The van der Waals surface area contributed by atoms with Crippen molar-refractivity contribution < 1.29 is 9.47 Å². The van der Waals surface area contributed by atoms with Crippen molar-refractivity contribution >= 4 is 45.3 Å².